The topological polar surface area (TPSA) is 54.4 Å². The molecule has 0 N–H and O–H groups in total. The molecule has 0 aliphatic carbocycles. The fourth-order valence-electron chi connectivity index (χ4n) is 4.87. The first-order valence-corrected chi connectivity index (χ1v) is 15.0. The zero-order chi connectivity index (χ0) is 27.9. The summed E-state index contributed by atoms with van der Waals surface area (Å²) in [6.45, 7) is 9.76. The maximum absolute atomic E-state index is 13.3. The Morgan fingerprint density at radius 2 is 1.65 bits per heavy atom. The van der Waals surface area contributed by atoms with Crippen molar-refractivity contribution < 1.29 is 14.3 Å². The summed E-state index contributed by atoms with van der Waals surface area (Å²) in [6, 6.07) is 22.4. The molecule has 2 fully saturated rings. The van der Waals surface area contributed by atoms with Gasteiger partial charge in [0.2, 0.25) is 0 Å². The van der Waals surface area contributed by atoms with Gasteiger partial charge in [-0.2, -0.15) is 0 Å². The SMILES string of the molecule is CCOc1cc(/C=C2\SC(=Nc3ccc(N4CCCCC4)cc3)N(CC)C2=O)ccc1OCc1ccc(C)cc1. The zero-order valence-corrected chi connectivity index (χ0v) is 24.4. The lowest BCUT2D eigenvalue weighted by atomic mass is 10.1. The normalized spacial score (nSPS) is 17.6. The van der Waals surface area contributed by atoms with Crippen LogP contribution in [0, 0.1) is 6.92 Å². The second-order valence-electron chi connectivity index (χ2n) is 10.0. The molecule has 0 spiro atoms. The van der Waals surface area contributed by atoms with E-state index in [2.05, 4.69) is 48.2 Å². The molecule has 0 radical (unpaired) electrons. The van der Waals surface area contributed by atoms with Gasteiger partial charge in [-0.15, -0.1) is 0 Å². The average Bonchev–Trinajstić information content (AvgIpc) is 3.27. The summed E-state index contributed by atoms with van der Waals surface area (Å²) in [5, 5.41) is 0.701. The number of nitrogens with zero attached hydrogens (tertiary/aromatic N) is 3. The third-order valence-electron chi connectivity index (χ3n) is 7.08. The fraction of sp³-hybridized carbons (Fsp3) is 0.333. The molecule has 2 heterocycles. The number of ether oxygens (including phenoxy) is 2. The average molecular weight is 556 g/mol. The van der Waals surface area contributed by atoms with Crippen LogP contribution in [0.5, 0.6) is 11.5 Å². The summed E-state index contributed by atoms with van der Waals surface area (Å²) < 4.78 is 12.0. The van der Waals surface area contributed by atoms with Gasteiger partial charge in [-0.25, -0.2) is 4.99 Å². The van der Waals surface area contributed by atoms with Gasteiger partial charge in [0.15, 0.2) is 16.7 Å². The second-order valence-corrected chi connectivity index (χ2v) is 11.0. The van der Waals surface area contributed by atoms with Gasteiger partial charge in [0.25, 0.3) is 5.91 Å². The molecule has 2 aliphatic rings. The number of piperidine rings is 1. The van der Waals surface area contributed by atoms with Crippen LogP contribution in [0.25, 0.3) is 6.08 Å². The third-order valence-corrected chi connectivity index (χ3v) is 8.09. The Kier molecular flexibility index (Phi) is 9.12. The first-order chi connectivity index (χ1) is 19.5. The van der Waals surface area contributed by atoms with E-state index in [0.29, 0.717) is 41.3 Å². The van der Waals surface area contributed by atoms with E-state index in [9.17, 15) is 4.79 Å². The van der Waals surface area contributed by atoms with Crippen LogP contribution in [0.3, 0.4) is 0 Å². The van der Waals surface area contributed by atoms with Crippen LogP contribution in [0.2, 0.25) is 0 Å². The van der Waals surface area contributed by atoms with Crippen molar-refractivity contribution >= 4 is 40.3 Å². The van der Waals surface area contributed by atoms with Crippen molar-refractivity contribution in [2.45, 2.75) is 46.6 Å². The van der Waals surface area contributed by atoms with Crippen molar-refractivity contribution in [3.8, 4) is 11.5 Å². The molecule has 0 bridgehead atoms. The Morgan fingerprint density at radius 3 is 2.35 bits per heavy atom. The Morgan fingerprint density at radius 1 is 0.900 bits per heavy atom. The minimum absolute atomic E-state index is 0.0335. The molecule has 3 aromatic carbocycles. The lowest BCUT2D eigenvalue weighted by Gasteiger charge is -2.28. The van der Waals surface area contributed by atoms with Crippen LogP contribution >= 0.6 is 11.8 Å². The van der Waals surface area contributed by atoms with Gasteiger partial charge in [0.1, 0.15) is 6.61 Å². The fourth-order valence-corrected chi connectivity index (χ4v) is 5.93. The number of thioether (sulfide) groups is 1. The summed E-state index contributed by atoms with van der Waals surface area (Å²) >= 11 is 1.41. The number of carbonyl (C=O) groups excluding carboxylic acids is 1. The molecule has 208 valence electrons. The Labute approximate surface area is 241 Å². The molecule has 0 aromatic heterocycles. The van der Waals surface area contributed by atoms with E-state index in [1.165, 1.54) is 42.3 Å². The van der Waals surface area contributed by atoms with Crippen LogP contribution in [-0.2, 0) is 11.4 Å². The second kappa shape index (κ2) is 13.1. The van der Waals surface area contributed by atoms with Crippen molar-refractivity contribution in [2.24, 2.45) is 4.99 Å². The van der Waals surface area contributed by atoms with Crippen molar-refractivity contribution in [1.82, 2.24) is 4.90 Å². The maximum Gasteiger partial charge on any atom is 0.266 e. The van der Waals surface area contributed by atoms with Crippen molar-refractivity contribution in [1.29, 1.82) is 0 Å². The monoisotopic (exact) mass is 555 g/mol. The number of anilines is 1. The van der Waals surface area contributed by atoms with E-state index >= 15 is 0 Å². The number of rotatable bonds is 9. The van der Waals surface area contributed by atoms with Crippen LogP contribution in [0.15, 0.2) is 76.6 Å². The Balaban J connectivity index is 1.32. The number of aryl methyl sites for hydroxylation is 1. The molecule has 2 aliphatic heterocycles. The van der Waals surface area contributed by atoms with Crippen LogP contribution in [0.1, 0.15) is 49.8 Å². The van der Waals surface area contributed by atoms with E-state index in [4.69, 9.17) is 14.5 Å². The summed E-state index contributed by atoms with van der Waals surface area (Å²) in [5.74, 6) is 1.31. The standard InChI is InChI=1S/C33H37N3O3S/c1-4-36-32(37)31(40-33(36)34-27-14-16-28(17-15-27)35-19-7-6-8-20-35)22-26-13-18-29(30(21-26)38-5-2)39-23-25-11-9-24(3)10-12-25/h9-18,21-22H,4-8,19-20,23H2,1-3H3/b31-22-,34-33?. The lowest BCUT2D eigenvalue weighted by Crippen LogP contribution is -2.29. The predicted octanol–water partition coefficient (Wildman–Crippen LogP) is 7.59. The molecule has 5 rings (SSSR count). The Hall–Kier alpha value is -3.71. The third kappa shape index (κ3) is 6.70. The van der Waals surface area contributed by atoms with Gasteiger partial charge in [0, 0.05) is 25.3 Å². The lowest BCUT2D eigenvalue weighted by molar-refractivity contribution is -0.122. The van der Waals surface area contributed by atoms with Gasteiger partial charge < -0.3 is 14.4 Å². The number of aliphatic imine (C=N–C) groups is 1. The van der Waals surface area contributed by atoms with Crippen molar-refractivity contribution in [3.05, 3.63) is 88.3 Å². The molecular weight excluding hydrogens is 518 g/mol. The van der Waals surface area contributed by atoms with Crippen LogP contribution in [0.4, 0.5) is 11.4 Å². The van der Waals surface area contributed by atoms with Crippen LogP contribution < -0.4 is 14.4 Å². The molecule has 0 saturated carbocycles. The first-order valence-electron chi connectivity index (χ1n) is 14.1. The van der Waals surface area contributed by atoms with Gasteiger partial charge in [-0.05, 0) is 105 Å². The first kappa shape index (κ1) is 27.8. The maximum atomic E-state index is 13.3. The minimum Gasteiger partial charge on any atom is -0.490 e. The highest BCUT2D eigenvalue weighted by molar-refractivity contribution is 8.18. The van der Waals surface area contributed by atoms with Gasteiger partial charge in [-0.3, -0.25) is 9.69 Å². The zero-order valence-electron chi connectivity index (χ0n) is 23.6. The summed E-state index contributed by atoms with van der Waals surface area (Å²) in [6.07, 6.45) is 5.72. The number of amides is 1. The number of benzene rings is 3. The molecule has 6 nitrogen and oxygen atoms in total. The highest BCUT2D eigenvalue weighted by Crippen LogP contribution is 2.36. The molecule has 2 saturated heterocycles. The number of carbonyl (C=O) groups is 1. The van der Waals surface area contributed by atoms with Gasteiger partial charge >= 0.3 is 0 Å². The minimum atomic E-state index is -0.0335. The van der Waals surface area contributed by atoms with Gasteiger partial charge in [-0.1, -0.05) is 35.9 Å². The predicted molar refractivity (Wildman–Crippen MR) is 166 cm³/mol. The molecule has 40 heavy (non-hydrogen) atoms. The molecular formula is C33H37N3O3S. The number of hydrogen-bond acceptors (Lipinski definition) is 6. The summed E-state index contributed by atoms with van der Waals surface area (Å²) in [7, 11) is 0. The van der Waals surface area contributed by atoms with Gasteiger partial charge in [0.05, 0.1) is 17.2 Å². The molecule has 1 amide bonds. The van der Waals surface area contributed by atoms with E-state index in [0.717, 1.165) is 29.9 Å². The highest BCUT2D eigenvalue weighted by atomic mass is 32.2. The van der Waals surface area contributed by atoms with Crippen molar-refractivity contribution in [2.75, 3.05) is 31.1 Å². The van der Waals surface area contributed by atoms with E-state index in [1.54, 1.807) is 4.90 Å². The van der Waals surface area contributed by atoms with E-state index in [1.807, 2.05) is 50.3 Å². The summed E-state index contributed by atoms with van der Waals surface area (Å²) in [4.78, 5) is 22.9. The smallest absolute Gasteiger partial charge is 0.266 e. The van der Waals surface area contributed by atoms with Crippen LogP contribution in [-0.4, -0.2) is 42.2 Å². The number of amidine groups is 1. The molecule has 0 unspecified atom stereocenters. The largest absolute Gasteiger partial charge is 0.490 e. The number of likely N-dealkylation sites (N-methyl/N-ethyl adjacent to an activating group) is 1. The van der Waals surface area contributed by atoms with E-state index in [-0.39, 0.29) is 5.91 Å². The highest BCUT2D eigenvalue weighted by Gasteiger charge is 2.32. The molecule has 3 aromatic rings. The summed E-state index contributed by atoms with van der Waals surface area (Å²) in [5.41, 5.74) is 5.29. The molecule has 7 heteroatoms. The molecule has 0 atom stereocenters. The van der Waals surface area contributed by atoms with Crippen molar-refractivity contribution in [3.63, 3.8) is 0 Å². The quantitative estimate of drug-likeness (QED) is 0.255. The number of hydrogen-bond donors (Lipinski definition) is 0. The van der Waals surface area contributed by atoms with E-state index < -0.39 is 0 Å². The Bertz CT molecular complexity index is 1380.